The van der Waals surface area contributed by atoms with Gasteiger partial charge in [0.1, 0.15) is 0 Å². The minimum absolute atomic E-state index is 0.0816. The van der Waals surface area contributed by atoms with Crippen molar-refractivity contribution in [3.05, 3.63) is 132 Å². The van der Waals surface area contributed by atoms with E-state index in [4.69, 9.17) is 4.43 Å². The van der Waals surface area contributed by atoms with E-state index >= 15 is 4.57 Å². The van der Waals surface area contributed by atoms with Crippen LogP contribution in [0.15, 0.2) is 132 Å². The first-order valence-corrected chi connectivity index (χ1v) is 18.1. The van der Waals surface area contributed by atoms with Crippen LogP contribution in [-0.4, -0.2) is 20.1 Å². The van der Waals surface area contributed by atoms with Crippen LogP contribution in [0.25, 0.3) is 0 Å². The Morgan fingerprint density at radius 1 is 0.692 bits per heavy atom. The van der Waals surface area contributed by atoms with Crippen LogP contribution in [0.1, 0.15) is 33.6 Å². The quantitative estimate of drug-likeness (QED) is 0.160. The molecule has 0 unspecified atom stereocenters. The summed E-state index contributed by atoms with van der Waals surface area (Å²) in [6, 6.07) is 41.5. The van der Waals surface area contributed by atoms with E-state index in [1.165, 1.54) is 10.4 Å². The Morgan fingerprint density at radius 3 is 1.49 bits per heavy atom. The number of rotatable bonds is 7. The maximum absolute atomic E-state index is 15.1. The highest BCUT2D eigenvalue weighted by Gasteiger charge is 2.52. The van der Waals surface area contributed by atoms with Crippen molar-refractivity contribution in [3.8, 4) is 0 Å². The van der Waals surface area contributed by atoms with Gasteiger partial charge in [-0.2, -0.15) is 0 Å². The number of hydrogen-bond acceptors (Lipinski definition) is 2. The molecule has 0 heterocycles. The molecule has 1 aliphatic rings. The van der Waals surface area contributed by atoms with Crippen LogP contribution < -0.4 is 21.0 Å². The van der Waals surface area contributed by atoms with Crippen molar-refractivity contribution in [3.63, 3.8) is 0 Å². The van der Waals surface area contributed by atoms with E-state index < -0.39 is 15.5 Å². The first kappa shape index (κ1) is 28.1. The van der Waals surface area contributed by atoms with Gasteiger partial charge < -0.3 is 8.99 Å². The molecule has 4 aromatic carbocycles. The molecule has 0 aromatic heterocycles. The summed E-state index contributed by atoms with van der Waals surface area (Å²) in [6.45, 7) is 6.92. The maximum Gasteiger partial charge on any atom is 0.261 e. The standard InChI is InChI=1S/C34H36BrO2PSi/c1-34(2,3)39(30-20-12-6-13-21-30,31-22-14-7-15-23-31)37-27-24-25-33(32(35)26-27)38(36,28-16-8-4-9-17-28)29-18-10-5-11-19-29/h4-23,26-27,33H,24-25H2,1-3H3/t27-,33+/m0/s1. The second-order valence-electron chi connectivity index (χ2n) is 11.3. The van der Waals surface area contributed by atoms with E-state index in [2.05, 4.69) is 103 Å². The smallest absolute Gasteiger partial charge is 0.261 e. The third-order valence-electron chi connectivity index (χ3n) is 7.85. The van der Waals surface area contributed by atoms with Gasteiger partial charge >= 0.3 is 0 Å². The normalized spacial score (nSPS) is 18.4. The number of benzene rings is 4. The van der Waals surface area contributed by atoms with Gasteiger partial charge in [0, 0.05) is 15.1 Å². The molecular weight excluding hydrogens is 579 g/mol. The molecule has 0 N–H and O–H groups in total. The summed E-state index contributed by atoms with van der Waals surface area (Å²) in [6.07, 6.45) is 3.71. The molecule has 5 rings (SSSR count). The summed E-state index contributed by atoms with van der Waals surface area (Å²) >= 11 is 3.92. The molecule has 2 nitrogen and oxygen atoms in total. The second-order valence-corrected chi connectivity index (χ2v) is 19.4. The second kappa shape index (κ2) is 11.5. The van der Waals surface area contributed by atoms with Gasteiger partial charge in [-0.3, -0.25) is 0 Å². The van der Waals surface area contributed by atoms with Crippen molar-refractivity contribution in [2.75, 3.05) is 0 Å². The monoisotopic (exact) mass is 614 g/mol. The Labute approximate surface area is 242 Å². The van der Waals surface area contributed by atoms with E-state index in [-0.39, 0.29) is 16.8 Å². The van der Waals surface area contributed by atoms with E-state index in [0.29, 0.717) is 0 Å². The summed E-state index contributed by atoms with van der Waals surface area (Å²) in [5.74, 6) is 0. The van der Waals surface area contributed by atoms with E-state index in [0.717, 1.165) is 27.9 Å². The van der Waals surface area contributed by atoms with Crippen molar-refractivity contribution < 1.29 is 8.99 Å². The topological polar surface area (TPSA) is 26.3 Å². The molecule has 2 atom stereocenters. The molecule has 1 aliphatic carbocycles. The average molecular weight is 616 g/mol. The van der Waals surface area contributed by atoms with Crippen molar-refractivity contribution in [1.29, 1.82) is 0 Å². The van der Waals surface area contributed by atoms with Crippen LogP contribution in [-0.2, 0) is 8.99 Å². The summed E-state index contributed by atoms with van der Waals surface area (Å²) in [7, 11) is -5.64. The average Bonchev–Trinajstić information content (AvgIpc) is 2.97. The molecule has 5 heteroatoms. The highest BCUT2D eigenvalue weighted by atomic mass is 79.9. The van der Waals surface area contributed by atoms with Crippen molar-refractivity contribution in [2.24, 2.45) is 0 Å². The summed E-state index contributed by atoms with van der Waals surface area (Å²) < 4.78 is 23.5. The van der Waals surface area contributed by atoms with Crippen molar-refractivity contribution in [1.82, 2.24) is 0 Å². The lowest BCUT2D eigenvalue weighted by molar-refractivity contribution is 0.214. The lowest BCUT2D eigenvalue weighted by Crippen LogP contribution is -2.67. The largest absolute Gasteiger partial charge is 0.401 e. The molecule has 0 amide bonds. The molecule has 0 bridgehead atoms. The SMILES string of the molecule is CC(C)(C)[Si](O[C@@H]1C=C(Br)[C@H](P(=O)(c2ccccc2)c2ccccc2)CC1)(c1ccccc1)c1ccccc1. The van der Waals surface area contributed by atoms with Crippen LogP contribution in [0.4, 0.5) is 0 Å². The highest BCUT2D eigenvalue weighted by molar-refractivity contribution is 9.11. The predicted octanol–water partition coefficient (Wildman–Crippen LogP) is 7.39. The molecule has 0 radical (unpaired) electrons. The molecule has 0 fully saturated rings. The Kier molecular flexibility index (Phi) is 8.31. The van der Waals surface area contributed by atoms with Gasteiger partial charge in [0.2, 0.25) is 0 Å². The fraction of sp³-hybridized carbons (Fsp3) is 0.235. The lowest BCUT2D eigenvalue weighted by Gasteiger charge is -2.46. The Balaban J connectivity index is 1.57. The number of allylic oxidation sites excluding steroid dienone is 1. The van der Waals surface area contributed by atoms with Crippen LogP contribution >= 0.6 is 23.1 Å². The van der Waals surface area contributed by atoms with Crippen LogP contribution in [0.3, 0.4) is 0 Å². The molecular formula is C34H36BrO2PSi. The molecule has 4 aromatic rings. The van der Waals surface area contributed by atoms with Crippen molar-refractivity contribution in [2.45, 2.75) is 50.4 Å². The predicted molar refractivity (Wildman–Crippen MR) is 172 cm³/mol. The summed E-state index contributed by atoms with van der Waals surface area (Å²) in [5.41, 5.74) is -0.124. The molecule has 0 aliphatic heterocycles. The van der Waals surface area contributed by atoms with Gasteiger partial charge in [0.25, 0.3) is 8.32 Å². The zero-order valence-electron chi connectivity index (χ0n) is 22.8. The van der Waals surface area contributed by atoms with Gasteiger partial charge in [-0.25, -0.2) is 0 Å². The van der Waals surface area contributed by atoms with Gasteiger partial charge in [-0.05, 0) is 34.3 Å². The minimum Gasteiger partial charge on any atom is -0.401 e. The van der Waals surface area contributed by atoms with Crippen molar-refractivity contribution >= 4 is 52.4 Å². The van der Waals surface area contributed by atoms with E-state index in [1.54, 1.807) is 0 Å². The fourth-order valence-electron chi connectivity index (χ4n) is 6.01. The molecule has 0 saturated carbocycles. The molecule has 39 heavy (non-hydrogen) atoms. The van der Waals surface area contributed by atoms with Gasteiger partial charge in [-0.1, -0.05) is 158 Å². The first-order valence-electron chi connectivity index (χ1n) is 13.6. The van der Waals surface area contributed by atoms with Gasteiger partial charge in [-0.15, -0.1) is 0 Å². The summed E-state index contributed by atoms with van der Waals surface area (Å²) in [5, 5.41) is 4.25. The minimum atomic E-state index is -2.94. The number of hydrogen-bond donors (Lipinski definition) is 0. The third-order valence-corrected chi connectivity index (χ3v) is 17.6. The molecule has 0 saturated heterocycles. The van der Waals surface area contributed by atoms with E-state index in [9.17, 15) is 0 Å². The Morgan fingerprint density at radius 2 is 1.10 bits per heavy atom. The lowest BCUT2D eigenvalue weighted by atomic mass is 10.1. The Hall–Kier alpha value is -2.49. The molecule has 0 spiro atoms. The summed E-state index contributed by atoms with van der Waals surface area (Å²) in [4.78, 5) is 0. The highest BCUT2D eigenvalue weighted by Crippen LogP contribution is 2.56. The van der Waals surface area contributed by atoms with Crippen LogP contribution in [0.5, 0.6) is 0 Å². The zero-order chi connectivity index (χ0) is 27.5. The first-order chi connectivity index (χ1) is 18.8. The maximum atomic E-state index is 15.1. The van der Waals surface area contributed by atoms with Gasteiger partial charge in [0.15, 0.2) is 7.14 Å². The van der Waals surface area contributed by atoms with Crippen LogP contribution in [0, 0.1) is 0 Å². The van der Waals surface area contributed by atoms with E-state index in [1.807, 2.05) is 60.7 Å². The van der Waals surface area contributed by atoms with Crippen LogP contribution in [0.2, 0.25) is 5.04 Å². The Bertz CT molecular complexity index is 1370. The fourth-order valence-corrected chi connectivity index (χ4v) is 15.2. The number of halogens is 1. The van der Waals surface area contributed by atoms with Gasteiger partial charge in [0.05, 0.1) is 11.8 Å². The zero-order valence-corrected chi connectivity index (χ0v) is 26.3. The molecule has 200 valence electrons. The third kappa shape index (κ3) is 5.33.